The number of hydrogen-bond donors (Lipinski definition) is 1. The molecule has 92 valence electrons. The standard InChI is InChI=1S/C13H24N2S/c1-6-8-12(7-2)15-10(4)13-9(3)14-11(5)16-13/h10,12,15H,6-8H2,1-5H3. The largest absolute Gasteiger partial charge is 0.307 e. The number of aryl methyl sites for hydroxylation is 2. The van der Waals surface area contributed by atoms with Crippen LogP contribution in [0.4, 0.5) is 0 Å². The monoisotopic (exact) mass is 240 g/mol. The minimum Gasteiger partial charge on any atom is -0.307 e. The van der Waals surface area contributed by atoms with E-state index in [1.165, 1.54) is 34.8 Å². The molecule has 0 aliphatic carbocycles. The molecule has 0 spiro atoms. The third-order valence-electron chi connectivity index (χ3n) is 2.95. The Balaban J connectivity index is 2.63. The minimum absolute atomic E-state index is 0.433. The molecule has 0 aliphatic heterocycles. The van der Waals surface area contributed by atoms with Crippen LogP contribution < -0.4 is 5.32 Å². The van der Waals surface area contributed by atoms with Crippen molar-refractivity contribution in [3.05, 3.63) is 15.6 Å². The molecule has 16 heavy (non-hydrogen) atoms. The zero-order chi connectivity index (χ0) is 12.1. The highest BCUT2D eigenvalue weighted by Gasteiger charge is 2.15. The second-order valence-electron chi connectivity index (χ2n) is 4.46. The molecule has 0 fully saturated rings. The van der Waals surface area contributed by atoms with Gasteiger partial charge in [0.1, 0.15) is 0 Å². The van der Waals surface area contributed by atoms with E-state index in [1.807, 2.05) is 11.3 Å². The van der Waals surface area contributed by atoms with Gasteiger partial charge in [-0.05, 0) is 33.6 Å². The summed E-state index contributed by atoms with van der Waals surface area (Å²) in [4.78, 5) is 5.89. The lowest BCUT2D eigenvalue weighted by atomic mass is 10.1. The summed E-state index contributed by atoms with van der Waals surface area (Å²) in [6, 6.07) is 1.07. The lowest BCUT2D eigenvalue weighted by Crippen LogP contribution is -2.30. The Morgan fingerprint density at radius 3 is 2.44 bits per heavy atom. The van der Waals surface area contributed by atoms with Crippen molar-refractivity contribution < 1.29 is 0 Å². The predicted octanol–water partition coefficient (Wildman–Crippen LogP) is 3.99. The van der Waals surface area contributed by atoms with Crippen LogP contribution in [-0.4, -0.2) is 11.0 Å². The molecular formula is C13H24N2S. The van der Waals surface area contributed by atoms with Crippen LogP contribution in [0.15, 0.2) is 0 Å². The molecule has 0 saturated heterocycles. The van der Waals surface area contributed by atoms with Gasteiger partial charge >= 0.3 is 0 Å². The van der Waals surface area contributed by atoms with E-state index < -0.39 is 0 Å². The van der Waals surface area contributed by atoms with E-state index >= 15 is 0 Å². The summed E-state index contributed by atoms with van der Waals surface area (Å²) in [5.41, 5.74) is 1.19. The normalized spacial score (nSPS) is 15.1. The Kier molecular flexibility index (Phi) is 5.42. The second-order valence-corrected chi connectivity index (χ2v) is 5.70. The van der Waals surface area contributed by atoms with E-state index in [0.29, 0.717) is 12.1 Å². The fraction of sp³-hybridized carbons (Fsp3) is 0.769. The highest BCUT2D eigenvalue weighted by atomic mass is 32.1. The van der Waals surface area contributed by atoms with Crippen LogP contribution in [0.3, 0.4) is 0 Å². The third kappa shape index (κ3) is 3.56. The Hall–Kier alpha value is -0.410. The Bertz CT molecular complexity index is 320. The van der Waals surface area contributed by atoms with Crippen LogP contribution >= 0.6 is 11.3 Å². The zero-order valence-electron chi connectivity index (χ0n) is 11.1. The number of hydrogen-bond acceptors (Lipinski definition) is 3. The highest BCUT2D eigenvalue weighted by molar-refractivity contribution is 7.11. The van der Waals surface area contributed by atoms with Crippen LogP contribution in [0.1, 0.15) is 61.7 Å². The van der Waals surface area contributed by atoms with E-state index in [0.717, 1.165) is 0 Å². The summed E-state index contributed by atoms with van der Waals surface area (Å²) in [5, 5.41) is 4.88. The maximum Gasteiger partial charge on any atom is 0.0900 e. The van der Waals surface area contributed by atoms with Crippen LogP contribution in [0.5, 0.6) is 0 Å². The van der Waals surface area contributed by atoms with Gasteiger partial charge in [-0.2, -0.15) is 0 Å². The molecule has 0 amide bonds. The smallest absolute Gasteiger partial charge is 0.0900 e. The summed E-state index contributed by atoms with van der Waals surface area (Å²) in [7, 11) is 0. The van der Waals surface area contributed by atoms with Crippen LogP contribution in [0.2, 0.25) is 0 Å². The number of thiazole rings is 1. The van der Waals surface area contributed by atoms with Crippen LogP contribution in [-0.2, 0) is 0 Å². The molecule has 1 rings (SSSR count). The Labute approximate surface area is 103 Å². The number of nitrogens with zero attached hydrogens (tertiary/aromatic N) is 1. The van der Waals surface area contributed by atoms with Gasteiger partial charge in [-0.15, -0.1) is 11.3 Å². The maximum absolute atomic E-state index is 4.49. The van der Waals surface area contributed by atoms with Crippen molar-refractivity contribution in [3.8, 4) is 0 Å². The summed E-state index contributed by atoms with van der Waals surface area (Å²) >= 11 is 1.82. The van der Waals surface area contributed by atoms with Gasteiger partial charge in [0, 0.05) is 17.0 Å². The molecule has 1 heterocycles. The predicted molar refractivity (Wildman–Crippen MR) is 72.1 cm³/mol. The third-order valence-corrected chi connectivity index (χ3v) is 4.20. The van der Waals surface area contributed by atoms with E-state index in [2.05, 4.69) is 44.9 Å². The molecule has 2 unspecified atom stereocenters. The SMILES string of the molecule is CCCC(CC)NC(C)c1sc(C)nc1C. The van der Waals surface area contributed by atoms with Gasteiger partial charge in [-0.3, -0.25) is 0 Å². The van der Waals surface area contributed by atoms with Gasteiger partial charge in [0.2, 0.25) is 0 Å². The maximum atomic E-state index is 4.49. The molecule has 3 heteroatoms. The Morgan fingerprint density at radius 1 is 1.31 bits per heavy atom. The van der Waals surface area contributed by atoms with E-state index in [1.54, 1.807) is 0 Å². The fourth-order valence-corrected chi connectivity index (χ4v) is 3.07. The van der Waals surface area contributed by atoms with Crippen molar-refractivity contribution in [2.75, 3.05) is 0 Å². The average molecular weight is 240 g/mol. The lowest BCUT2D eigenvalue weighted by molar-refractivity contribution is 0.419. The first kappa shape index (κ1) is 13.7. The molecule has 1 aromatic heterocycles. The molecule has 0 radical (unpaired) electrons. The van der Waals surface area contributed by atoms with Crippen molar-refractivity contribution in [1.29, 1.82) is 0 Å². The average Bonchev–Trinajstić information content (AvgIpc) is 2.57. The molecule has 2 atom stereocenters. The van der Waals surface area contributed by atoms with E-state index in [4.69, 9.17) is 0 Å². The first-order chi connectivity index (χ1) is 7.58. The fourth-order valence-electron chi connectivity index (χ4n) is 2.13. The van der Waals surface area contributed by atoms with Crippen molar-refractivity contribution in [1.82, 2.24) is 10.3 Å². The van der Waals surface area contributed by atoms with Crippen molar-refractivity contribution >= 4 is 11.3 Å². The molecule has 1 N–H and O–H groups in total. The van der Waals surface area contributed by atoms with Crippen LogP contribution in [0.25, 0.3) is 0 Å². The summed E-state index contributed by atoms with van der Waals surface area (Å²) < 4.78 is 0. The molecule has 0 saturated carbocycles. The quantitative estimate of drug-likeness (QED) is 0.813. The van der Waals surface area contributed by atoms with E-state index in [-0.39, 0.29) is 0 Å². The summed E-state index contributed by atoms with van der Waals surface area (Å²) in [6.45, 7) is 10.9. The molecule has 2 nitrogen and oxygen atoms in total. The second kappa shape index (κ2) is 6.36. The van der Waals surface area contributed by atoms with Gasteiger partial charge in [-0.25, -0.2) is 4.98 Å². The van der Waals surface area contributed by atoms with Gasteiger partial charge in [-0.1, -0.05) is 20.3 Å². The zero-order valence-corrected chi connectivity index (χ0v) is 11.9. The topological polar surface area (TPSA) is 24.9 Å². The van der Waals surface area contributed by atoms with E-state index in [9.17, 15) is 0 Å². The van der Waals surface area contributed by atoms with Gasteiger partial charge in [0.25, 0.3) is 0 Å². The number of rotatable bonds is 6. The minimum atomic E-state index is 0.433. The molecule has 0 bridgehead atoms. The van der Waals surface area contributed by atoms with Crippen molar-refractivity contribution in [2.24, 2.45) is 0 Å². The van der Waals surface area contributed by atoms with Crippen molar-refractivity contribution in [3.63, 3.8) is 0 Å². The first-order valence-corrected chi connectivity index (χ1v) is 7.10. The van der Waals surface area contributed by atoms with Crippen LogP contribution in [0, 0.1) is 13.8 Å². The molecule has 0 aliphatic rings. The molecule has 1 aromatic rings. The summed E-state index contributed by atoms with van der Waals surface area (Å²) in [5.74, 6) is 0. The molecular weight excluding hydrogens is 216 g/mol. The first-order valence-electron chi connectivity index (χ1n) is 6.28. The van der Waals surface area contributed by atoms with Crippen molar-refractivity contribution in [2.45, 2.75) is 66.0 Å². The lowest BCUT2D eigenvalue weighted by Gasteiger charge is -2.21. The van der Waals surface area contributed by atoms with Gasteiger partial charge < -0.3 is 5.32 Å². The number of nitrogens with one attached hydrogen (secondary N) is 1. The van der Waals surface area contributed by atoms with Gasteiger partial charge in [0.15, 0.2) is 0 Å². The van der Waals surface area contributed by atoms with Gasteiger partial charge in [0.05, 0.1) is 10.7 Å². The highest BCUT2D eigenvalue weighted by Crippen LogP contribution is 2.25. The number of aromatic nitrogens is 1. The Morgan fingerprint density at radius 2 is 2.00 bits per heavy atom. The molecule has 0 aromatic carbocycles. The summed E-state index contributed by atoms with van der Waals surface area (Å²) in [6.07, 6.45) is 3.71.